The average molecular weight is 484 g/mol. The number of guanidine groups is 1. The summed E-state index contributed by atoms with van der Waals surface area (Å²) in [6, 6.07) is 9.54. The summed E-state index contributed by atoms with van der Waals surface area (Å²) in [6.07, 6.45) is 6.23. The number of aromatic nitrogens is 2. The summed E-state index contributed by atoms with van der Waals surface area (Å²) in [6.45, 7) is 1.93. The Morgan fingerprint density at radius 2 is 2.06 bits per heavy atom. The van der Waals surface area contributed by atoms with E-state index < -0.39 is 5.54 Å². The first kappa shape index (κ1) is 20.6. The van der Waals surface area contributed by atoms with Crippen molar-refractivity contribution >= 4 is 27.8 Å². The maximum absolute atomic E-state index is 14.3. The minimum Gasteiger partial charge on any atom is -0.381 e. The molecule has 2 heterocycles. The van der Waals surface area contributed by atoms with E-state index in [0.717, 1.165) is 42.1 Å². The third-order valence-electron chi connectivity index (χ3n) is 7.45. The lowest BCUT2D eigenvalue weighted by Crippen LogP contribution is -2.52. The van der Waals surface area contributed by atoms with E-state index in [0.29, 0.717) is 5.69 Å². The summed E-state index contributed by atoms with van der Waals surface area (Å²) in [4.78, 5) is 20.9. The Bertz CT molecular complexity index is 1050. The van der Waals surface area contributed by atoms with E-state index in [2.05, 4.69) is 38.3 Å². The zero-order valence-corrected chi connectivity index (χ0v) is 19.3. The van der Waals surface area contributed by atoms with E-state index in [9.17, 15) is 4.79 Å². The molecule has 5 rings (SSSR count). The van der Waals surface area contributed by atoms with Crippen LogP contribution in [0.15, 0.2) is 46.0 Å². The first-order valence-corrected chi connectivity index (χ1v) is 11.5. The van der Waals surface area contributed by atoms with Gasteiger partial charge in [0.1, 0.15) is 0 Å². The van der Waals surface area contributed by atoms with E-state index >= 15 is 0 Å². The lowest BCUT2D eigenvalue weighted by Gasteiger charge is -2.45. The zero-order chi connectivity index (χ0) is 21.8. The zero-order valence-electron chi connectivity index (χ0n) is 17.7. The van der Waals surface area contributed by atoms with Crippen molar-refractivity contribution in [2.75, 3.05) is 7.11 Å². The summed E-state index contributed by atoms with van der Waals surface area (Å²) in [5.74, 6) is 0.195. The van der Waals surface area contributed by atoms with Crippen LogP contribution in [-0.2, 0) is 21.5 Å². The number of amides is 1. The number of hydrogen-bond donors (Lipinski definition) is 1. The van der Waals surface area contributed by atoms with Crippen LogP contribution in [0.4, 0.5) is 0 Å². The number of aliphatic imine (C=N–C) groups is 1. The van der Waals surface area contributed by atoms with Crippen molar-refractivity contribution in [3.63, 3.8) is 0 Å². The summed E-state index contributed by atoms with van der Waals surface area (Å²) in [5, 5.41) is 8.19. The van der Waals surface area contributed by atoms with Crippen molar-refractivity contribution in [1.29, 1.82) is 0 Å². The van der Waals surface area contributed by atoms with Gasteiger partial charge in [0, 0.05) is 23.2 Å². The summed E-state index contributed by atoms with van der Waals surface area (Å²) >= 11 is 3.60. The van der Waals surface area contributed by atoms with Crippen LogP contribution in [-0.4, -0.2) is 40.2 Å². The van der Waals surface area contributed by atoms with Crippen molar-refractivity contribution in [2.24, 2.45) is 16.1 Å². The third kappa shape index (κ3) is 2.88. The number of carbonyl (C=O) groups excluding carboxylic acids is 1. The first-order chi connectivity index (χ1) is 14.9. The molecule has 162 valence electrons. The van der Waals surface area contributed by atoms with Crippen molar-refractivity contribution < 1.29 is 9.53 Å². The van der Waals surface area contributed by atoms with Crippen molar-refractivity contribution in [1.82, 2.24) is 15.1 Å². The Hall–Kier alpha value is -2.32. The van der Waals surface area contributed by atoms with E-state index in [4.69, 9.17) is 15.5 Å². The highest BCUT2D eigenvalue weighted by Crippen LogP contribution is 2.62. The third-order valence-corrected chi connectivity index (χ3v) is 7.94. The van der Waals surface area contributed by atoms with Crippen LogP contribution in [0, 0.1) is 5.41 Å². The Kier molecular flexibility index (Phi) is 4.90. The number of rotatable bonds is 3. The van der Waals surface area contributed by atoms with E-state index in [1.165, 1.54) is 5.56 Å². The molecular weight excluding hydrogens is 458 g/mol. The number of halogens is 1. The molecule has 2 N–H and O–H groups in total. The monoisotopic (exact) mass is 483 g/mol. The molecule has 2 atom stereocenters. The minimum absolute atomic E-state index is 0.0594. The van der Waals surface area contributed by atoms with Gasteiger partial charge in [-0.05, 0) is 74.4 Å². The fraction of sp³-hybridized carbons (Fsp3) is 0.478. The molecule has 2 aliphatic carbocycles. The minimum atomic E-state index is -1.01. The van der Waals surface area contributed by atoms with E-state index in [1.807, 2.05) is 25.1 Å². The molecule has 2 unspecified atom stereocenters. The number of nitrogens with zero attached hydrogens (tertiary/aromatic N) is 4. The number of ether oxygens (including phenoxy) is 1. The number of nitrogens with two attached hydrogens (primary N) is 1. The van der Waals surface area contributed by atoms with Gasteiger partial charge < -0.3 is 10.5 Å². The fourth-order valence-corrected chi connectivity index (χ4v) is 6.21. The summed E-state index contributed by atoms with van der Waals surface area (Å²) < 4.78 is 6.57. The predicted molar refractivity (Wildman–Crippen MR) is 120 cm³/mol. The van der Waals surface area contributed by atoms with Crippen LogP contribution in [0.25, 0.3) is 0 Å². The molecule has 1 aromatic heterocycles. The highest BCUT2D eigenvalue weighted by Gasteiger charge is 2.67. The molecule has 1 aromatic carbocycles. The van der Waals surface area contributed by atoms with Crippen LogP contribution >= 0.6 is 15.9 Å². The van der Waals surface area contributed by atoms with Crippen LogP contribution in [0.5, 0.6) is 0 Å². The average Bonchev–Trinajstić information content (AvgIpc) is 3.20. The van der Waals surface area contributed by atoms with Crippen molar-refractivity contribution in [3.05, 3.63) is 57.8 Å². The first-order valence-electron chi connectivity index (χ1n) is 10.7. The molecular formula is C23H26BrN5O2. The number of carbonyl (C=O) groups is 1. The van der Waals surface area contributed by atoms with Crippen molar-refractivity contribution in [2.45, 2.75) is 56.7 Å². The quantitative estimate of drug-likeness (QED) is 0.720. The van der Waals surface area contributed by atoms with Gasteiger partial charge in [0.25, 0.3) is 5.91 Å². The number of methoxy groups -OCH3 is 1. The molecule has 1 aliphatic heterocycles. The lowest BCUT2D eigenvalue weighted by molar-refractivity contribution is -0.139. The second-order valence-corrected chi connectivity index (χ2v) is 9.79. The predicted octanol–water partition coefficient (Wildman–Crippen LogP) is 3.48. The van der Waals surface area contributed by atoms with Gasteiger partial charge in [-0.15, -0.1) is 0 Å². The van der Waals surface area contributed by atoms with Gasteiger partial charge in [0.2, 0.25) is 0 Å². The number of fused-ring (bicyclic) bond motifs is 3. The molecule has 1 amide bonds. The molecule has 0 radical (unpaired) electrons. The Balaban J connectivity index is 1.63. The van der Waals surface area contributed by atoms with Crippen LogP contribution < -0.4 is 5.73 Å². The van der Waals surface area contributed by atoms with Crippen LogP contribution in [0.1, 0.15) is 55.5 Å². The highest BCUT2D eigenvalue weighted by molar-refractivity contribution is 9.10. The van der Waals surface area contributed by atoms with Gasteiger partial charge in [-0.25, -0.2) is 4.99 Å². The molecule has 0 bridgehead atoms. The van der Waals surface area contributed by atoms with E-state index in [-0.39, 0.29) is 29.4 Å². The smallest absolute Gasteiger partial charge is 0.263 e. The molecule has 2 spiro atoms. The summed E-state index contributed by atoms with van der Waals surface area (Å²) in [7, 11) is 1.76. The molecule has 3 aliphatic rings. The normalized spacial score (nSPS) is 30.7. The maximum Gasteiger partial charge on any atom is 0.263 e. The van der Waals surface area contributed by atoms with Crippen molar-refractivity contribution in [3.8, 4) is 0 Å². The highest BCUT2D eigenvalue weighted by atomic mass is 79.9. The van der Waals surface area contributed by atoms with Crippen LogP contribution in [0.3, 0.4) is 0 Å². The maximum atomic E-state index is 14.3. The van der Waals surface area contributed by atoms with Crippen LogP contribution in [0.2, 0.25) is 0 Å². The SMILES string of the molecule is CO[C@H]1CC[C@]2(CC1)Cc1ccc(Br)cc1C21N=C(N)N(C(C)c2cccnn2)C1=O. The van der Waals surface area contributed by atoms with E-state index in [1.54, 1.807) is 18.2 Å². The standard InChI is InChI=1S/C23H26BrN5O2/c1-14(19-4-3-11-26-28-19)29-20(30)23(27-21(29)25)18-12-16(24)6-5-15(18)13-22(23)9-7-17(31-2)8-10-22/h3-6,11-12,14,17H,7-10,13H2,1-2H3,(H2,25,27)/t14?,17-,22-,23?. The lowest BCUT2D eigenvalue weighted by atomic mass is 9.61. The Labute approximate surface area is 190 Å². The van der Waals surface area contributed by atoms with Gasteiger partial charge in [-0.2, -0.15) is 10.2 Å². The van der Waals surface area contributed by atoms with Gasteiger partial charge >= 0.3 is 0 Å². The van der Waals surface area contributed by atoms with Gasteiger partial charge in [-0.1, -0.05) is 22.0 Å². The number of benzene rings is 1. The molecule has 0 saturated heterocycles. The topological polar surface area (TPSA) is 93.7 Å². The second-order valence-electron chi connectivity index (χ2n) is 8.87. The molecule has 1 fully saturated rings. The molecule has 7 nitrogen and oxygen atoms in total. The molecule has 8 heteroatoms. The summed E-state index contributed by atoms with van der Waals surface area (Å²) in [5.41, 5.74) is 8.00. The number of hydrogen-bond acceptors (Lipinski definition) is 6. The molecule has 2 aromatic rings. The molecule has 1 saturated carbocycles. The van der Waals surface area contributed by atoms with Gasteiger partial charge in [0.15, 0.2) is 11.5 Å². The van der Waals surface area contributed by atoms with Gasteiger partial charge in [-0.3, -0.25) is 9.69 Å². The molecule has 31 heavy (non-hydrogen) atoms. The Morgan fingerprint density at radius 3 is 2.74 bits per heavy atom. The Morgan fingerprint density at radius 1 is 1.29 bits per heavy atom. The largest absolute Gasteiger partial charge is 0.381 e. The van der Waals surface area contributed by atoms with Gasteiger partial charge in [0.05, 0.1) is 17.8 Å². The second kappa shape index (κ2) is 7.38. The fourth-order valence-electron chi connectivity index (χ4n) is 5.85.